The molecule has 0 amide bonds. The molecule has 0 spiro atoms. The average molecular weight is 225 g/mol. The molecule has 0 radical (unpaired) electrons. The minimum absolute atomic E-state index is 0.138. The minimum atomic E-state index is -0.461. The van der Waals surface area contributed by atoms with Crippen molar-refractivity contribution in [3.8, 4) is 0 Å². The van der Waals surface area contributed by atoms with Gasteiger partial charge in [0, 0.05) is 5.33 Å². The summed E-state index contributed by atoms with van der Waals surface area (Å²) in [4.78, 5) is 0. The zero-order chi connectivity index (χ0) is 8.27. The largest absolute Gasteiger partial charge is 0.327 e. The van der Waals surface area contributed by atoms with Crippen LogP contribution in [0.2, 0.25) is 0 Å². The summed E-state index contributed by atoms with van der Waals surface area (Å²) in [5.74, 6) is 0. The summed E-state index contributed by atoms with van der Waals surface area (Å²) in [6.45, 7) is 4.06. The van der Waals surface area contributed by atoms with Gasteiger partial charge in [0.2, 0.25) is 0 Å². The van der Waals surface area contributed by atoms with E-state index in [-0.39, 0.29) is 12.2 Å². The van der Waals surface area contributed by atoms with Crippen LogP contribution in [0.25, 0.3) is 0 Å². The number of rotatable bonds is 3. The van der Waals surface area contributed by atoms with E-state index in [0.29, 0.717) is 6.61 Å². The molecule has 0 aliphatic carbocycles. The first-order valence-electron chi connectivity index (χ1n) is 3.71. The Bertz CT molecular complexity index is 118. The first-order valence-corrected chi connectivity index (χ1v) is 4.83. The molecule has 66 valence electrons. The van der Waals surface area contributed by atoms with E-state index in [1.807, 2.05) is 13.8 Å². The Morgan fingerprint density at radius 3 is 2.82 bits per heavy atom. The summed E-state index contributed by atoms with van der Waals surface area (Å²) < 4.78 is 15.8. The first kappa shape index (κ1) is 9.45. The van der Waals surface area contributed by atoms with E-state index in [4.69, 9.17) is 14.2 Å². The number of halogens is 1. The molecule has 1 aliphatic heterocycles. The van der Waals surface area contributed by atoms with Crippen LogP contribution in [0.5, 0.6) is 0 Å². The fraction of sp³-hybridized carbons (Fsp3) is 1.00. The van der Waals surface area contributed by atoms with Gasteiger partial charge < -0.3 is 14.2 Å². The molecule has 0 aromatic heterocycles. The van der Waals surface area contributed by atoms with Crippen LogP contribution in [0.1, 0.15) is 13.8 Å². The third-order valence-electron chi connectivity index (χ3n) is 1.28. The minimum Gasteiger partial charge on any atom is -0.327 e. The summed E-state index contributed by atoms with van der Waals surface area (Å²) in [5.41, 5.74) is 0. The molecule has 0 bridgehead atoms. The Balaban J connectivity index is 2.19. The van der Waals surface area contributed by atoms with Crippen molar-refractivity contribution in [2.24, 2.45) is 0 Å². The smallest absolute Gasteiger partial charge is 0.272 e. The lowest BCUT2D eigenvalue weighted by Gasteiger charge is -2.13. The molecule has 4 heteroatoms. The van der Waals surface area contributed by atoms with Gasteiger partial charge in [-0.3, -0.25) is 0 Å². The second-order valence-corrected chi connectivity index (χ2v) is 3.37. The van der Waals surface area contributed by atoms with Gasteiger partial charge >= 0.3 is 0 Å². The molecule has 0 unspecified atom stereocenters. The molecule has 0 aromatic carbocycles. The van der Waals surface area contributed by atoms with Crippen molar-refractivity contribution in [1.29, 1.82) is 0 Å². The fourth-order valence-electron chi connectivity index (χ4n) is 0.796. The summed E-state index contributed by atoms with van der Waals surface area (Å²) in [5, 5.41) is 0.797. The first-order chi connectivity index (χ1) is 5.22. The predicted octanol–water partition coefficient (Wildman–Crippen LogP) is 1.51. The van der Waals surface area contributed by atoms with Gasteiger partial charge in [-0.15, -0.1) is 0 Å². The van der Waals surface area contributed by atoms with Gasteiger partial charge in [-0.25, -0.2) is 0 Å². The van der Waals surface area contributed by atoms with Crippen LogP contribution in [-0.2, 0) is 14.2 Å². The van der Waals surface area contributed by atoms with E-state index in [0.717, 1.165) is 5.33 Å². The molecule has 0 aromatic rings. The summed E-state index contributed by atoms with van der Waals surface area (Å²) in [6.07, 6.45) is 0.285. The molecule has 2 atom stereocenters. The Hall–Kier alpha value is 0.360. The Morgan fingerprint density at radius 1 is 1.64 bits per heavy atom. The van der Waals surface area contributed by atoms with E-state index in [9.17, 15) is 0 Å². The quantitative estimate of drug-likeness (QED) is 0.681. The Labute approximate surface area is 75.1 Å². The molecule has 0 N–H and O–H groups in total. The van der Waals surface area contributed by atoms with Crippen LogP contribution >= 0.6 is 15.9 Å². The summed E-state index contributed by atoms with van der Waals surface area (Å²) >= 11 is 3.31. The van der Waals surface area contributed by atoms with Gasteiger partial charge in [0.05, 0.1) is 18.8 Å². The molecule has 3 nitrogen and oxygen atoms in total. The van der Waals surface area contributed by atoms with Gasteiger partial charge in [-0.2, -0.15) is 0 Å². The zero-order valence-electron chi connectivity index (χ0n) is 6.75. The maximum absolute atomic E-state index is 5.33. The van der Waals surface area contributed by atoms with E-state index >= 15 is 0 Å². The lowest BCUT2D eigenvalue weighted by atomic mass is 10.5. The summed E-state index contributed by atoms with van der Waals surface area (Å²) in [7, 11) is 0. The molecule has 1 fully saturated rings. The van der Waals surface area contributed by atoms with Crippen molar-refractivity contribution in [3.05, 3.63) is 0 Å². The lowest BCUT2D eigenvalue weighted by Crippen LogP contribution is -2.19. The van der Waals surface area contributed by atoms with E-state index in [1.165, 1.54) is 0 Å². The topological polar surface area (TPSA) is 27.7 Å². The normalized spacial score (nSPS) is 31.6. The number of ether oxygens (including phenoxy) is 3. The standard InChI is InChI=1S/C7H13BrO3/c1-5(2)10-7-9-4-6(3-8)11-7/h5-7H,3-4H2,1-2H3/t6-,7+/m1/s1. The van der Waals surface area contributed by atoms with Crippen molar-refractivity contribution in [1.82, 2.24) is 0 Å². The third kappa shape index (κ3) is 3.07. The van der Waals surface area contributed by atoms with Gasteiger partial charge in [0.15, 0.2) is 0 Å². The molecule has 0 saturated carbocycles. The van der Waals surface area contributed by atoms with Gasteiger partial charge in [-0.1, -0.05) is 15.9 Å². The highest BCUT2D eigenvalue weighted by Gasteiger charge is 2.26. The van der Waals surface area contributed by atoms with Crippen LogP contribution in [0.15, 0.2) is 0 Å². The molecular weight excluding hydrogens is 212 g/mol. The second-order valence-electron chi connectivity index (χ2n) is 2.72. The molecular formula is C7H13BrO3. The highest BCUT2D eigenvalue weighted by atomic mass is 79.9. The SMILES string of the molecule is CC(C)O[C@@H]1OC[C@@H](CBr)O1. The van der Waals surface area contributed by atoms with Crippen molar-refractivity contribution < 1.29 is 14.2 Å². The maximum atomic E-state index is 5.33. The molecule has 1 saturated heterocycles. The highest BCUT2D eigenvalue weighted by Crippen LogP contribution is 2.15. The lowest BCUT2D eigenvalue weighted by molar-refractivity contribution is -0.251. The van der Waals surface area contributed by atoms with E-state index < -0.39 is 6.48 Å². The third-order valence-corrected chi connectivity index (χ3v) is 2.00. The van der Waals surface area contributed by atoms with E-state index in [1.54, 1.807) is 0 Å². The summed E-state index contributed by atoms with van der Waals surface area (Å²) in [6, 6.07) is 0. The van der Waals surface area contributed by atoms with Crippen molar-refractivity contribution >= 4 is 15.9 Å². The fourth-order valence-corrected chi connectivity index (χ4v) is 1.14. The monoisotopic (exact) mass is 224 g/mol. The van der Waals surface area contributed by atoms with Crippen molar-refractivity contribution in [2.45, 2.75) is 32.5 Å². The molecule has 1 heterocycles. The molecule has 1 rings (SSSR count). The number of hydrogen-bond donors (Lipinski definition) is 0. The van der Waals surface area contributed by atoms with Crippen LogP contribution in [0.4, 0.5) is 0 Å². The van der Waals surface area contributed by atoms with Crippen molar-refractivity contribution in [3.63, 3.8) is 0 Å². The van der Waals surface area contributed by atoms with Crippen LogP contribution in [0, 0.1) is 0 Å². The van der Waals surface area contributed by atoms with Crippen LogP contribution in [0.3, 0.4) is 0 Å². The zero-order valence-corrected chi connectivity index (χ0v) is 8.33. The van der Waals surface area contributed by atoms with Gasteiger partial charge in [0.1, 0.15) is 0 Å². The van der Waals surface area contributed by atoms with E-state index in [2.05, 4.69) is 15.9 Å². The second kappa shape index (κ2) is 4.40. The predicted molar refractivity (Wildman–Crippen MR) is 44.6 cm³/mol. The highest BCUT2D eigenvalue weighted by molar-refractivity contribution is 9.09. The Morgan fingerprint density at radius 2 is 2.36 bits per heavy atom. The number of hydrogen-bond acceptors (Lipinski definition) is 3. The van der Waals surface area contributed by atoms with Gasteiger partial charge in [-0.05, 0) is 13.8 Å². The average Bonchev–Trinajstić information content (AvgIpc) is 2.34. The van der Waals surface area contributed by atoms with Crippen LogP contribution < -0.4 is 0 Å². The van der Waals surface area contributed by atoms with Crippen molar-refractivity contribution in [2.75, 3.05) is 11.9 Å². The maximum Gasteiger partial charge on any atom is 0.272 e. The van der Waals surface area contributed by atoms with Gasteiger partial charge in [0.25, 0.3) is 6.48 Å². The molecule has 11 heavy (non-hydrogen) atoms. The number of alkyl halides is 1. The molecule has 1 aliphatic rings. The van der Waals surface area contributed by atoms with Crippen LogP contribution in [-0.4, -0.2) is 30.6 Å². The Kier molecular flexibility index (Phi) is 3.78.